The van der Waals surface area contributed by atoms with Gasteiger partial charge >= 0.3 is 11.9 Å². The molecule has 5 heteroatoms. The van der Waals surface area contributed by atoms with E-state index in [0.717, 1.165) is 0 Å². The van der Waals surface area contributed by atoms with Crippen molar-refractivity contribution in [3.05, 3.63) is 36.8 Å². The molecule has 18 heavy (non-hydrogen) atoms. The number of carbonyl (C=O) groups excluding carboxylic acids is 1. The van der Waals surface area contributed by atoms with E-state index in [9.17, 15) is 9.59 Å². The van der Waals surface area contributed by atoms with Crippen LogP contribution in [-0.4, -0.2) is 17.0 Å². The highest BCUT2D eigenvalue weighted by Gasteiger charge is 2.16. The van der Waals surface area contributed by atoms with Crippen LogP contribution in [0.4, 0.5) is 0 Å². The van der Waals surface area contributed by atoms with Crippen molar-refractivity contribution in [2.24, 2.45) is 0 Å². The van der Waals surface area contributed by atoms with Gasteiger partial charge in [-0.15, -0.1) is 0 Å². The van der Waals surface area contributed by atoms with Crippen molar-refractivity contribution in [1.82, 2.24) is 0 Å². The molecule has 0 aliphatic carbocycles. The van der Waals surface area contributed by atoms with Crippen LogP contribution < -0.4 is 4.74 Å². The number of hydrogen-bond donors (Lipinski definition) is 1. The van der Waals surface area contributed by atoms with Gasteiger partial charge in [-0.1, -0.05) is 6.58 Å². The van der Waals surface area contributed by atoms with Crippen LogP contribution in [0.3, 0.4) is 0 Å². The molecule has 0 saturated heterocycles. The molecule has 1 heterocycles. The topological polar surface area (TPSA) is 76.7 Å². The highest BCUT2D eigenvalue weighted by molar-refractivity contribution is 6.17. The van der Waals surface area contributed by atoms with Crippen LogP contribution in [0.1, 0.15) is 12.7 Å². The normalized spacial score (nSPS) is 10.3. The molecule has 0 aliphatic rings. The molecule has 0 amide bonds. The summed E-state index contributed by atoms with van der Waals surface area (Å²) in [7, 11) is 0. The van der Waals surface area contributed by atoms with Gasteiger partial charge < -0.3 is 14.3 Å². The van der Waals surface area contributed by atoms with E-state index in [2.05, 4.69) is 6.58 Å². The van der Waals surface area contributed by atoms with Crippen molar-refractivity contribution in [1.29, 1.82) is 0 Å². The second-order valence-corrected chi connectivity index (χ2v) is 3.69. The predicted molar refractivity (Wildman–Crippen MR) is 64.2 cm³/mol. The summed E-state index contributed by atoms with van der Waals surface area (Å²) in [6.45, 7) is 4.72. The quantitative estimate of drug-likeness (QED) is 0.511. The summed E-state index contributed by atoms with van der Waals surface area (Å²) in [4.78, 5) is 21.7. The maximum atomic E-state index is 10.9. The summed E-state index contributed by atoms with van der Waals surface area (Å²) in [5.74, 6) is -1.12. The Balaban J connectivity index is 2.53. The zero-order chi connectivity index (χ0) is 13.3. The Hall–Kier alpha value is -2.56. The first-order chi connectivity index (χ1) is 8.49. The molecule has 1 aromatic heterocycles. The lowest BCUT2D eigenvalue weighted by Crippen LogP contribution is -2.01. The Morgan fingerprint density at radius 1 is 1.39 bits per heavy atom. The lowest BCUT2D eigenvalue weighted by atomic mass is 10.1. The van der Waals surface area contributed by atoms with Crippen molar-refractivity contribution < 1.29 is 23.8 Å². The lowest BCUT2D eigenvalue weighted by molar-refractivity contribution is -0.132. The van der Waals surface area contributed by atoms with Crippen LogP contribution in [0.2, 0.25) is 0 Å². The number of hydrogen-bond acceptors (Lipinski definition) is 4. The maximum Gasteiger partial charge on any atom is 0.338 e. The van der Waals surface area contributed by atoms with Crippen molar-refractivity contribution >= 4 is 28.3 Å². The minimum absolute atomic E-state index is 0.148. The van der Waals surface area contributed by atoms with Gasteiger partial charge in [0.15, 0.2) is 0 Å². The Labute approximate surface area is 102 Å². The molecule has 0 spiro atoms. The molecule has 0 atom stereocenters. The van der Waals surface area contributed by atoms with Gasteiger partial charge in [0.25, 0.3) is 0 Å². The minimum atomic E-state index is -1.16. The molecule has 92 valence electrons. The fourth-order valence-electron chi connectivity index (χ4n) is 1.58. The van der Waals surface area contributed by atoms with Crippen LogP contribution in [-0.2, 0) is 9.59 Å². The van der Waals surface area contributed by atoms with E-state index in [0.29, 0.717) is 16.5 Å². The van der Waals surface area contributed by atoms with Gasteiger partial charge in [0.1, 0.15) is 11.5 Å². The molecule has 0 unspecified atom stereocenters. The van der Waals surface area contributed by atoms with Gasteiger partial charge in [-0.3, -0.25) is 4.79 Å². The average Bonchev–Trinajstić information content (AvgIpc) is 2.70. The molecule has 2 rings (SSSR count). The molecular weight excluding hydrogens is 236 g/mol. The molecule has 0 saturated carbocycles. The zero-order valence-corrected chi connectivity index (χ0v) is 9.60. The van der Waals surface area contributed by atoms with E-state index in [4.69, 9.17) is 14.3 Å². The standard InChI is InChI=1S/C13H10O5/c1-7(13(15)16)12-11-5-10(18-8(2)14)4-3-9(11)6-17-12/h3-6H,1H2,2H3,(H,15,16). The average molecular weight is 246 g/mol. The first-order valence-electron chi connectivity index (χ1n) is 5.11. The molecule has 1 N–H and O–H groups in total. The van der Waals surface area contributed by atoms with Crippen LogP contribution >= 0.6 is 0 Å². The smallest absolute Gasteiger partial charge is 0.338 e. The van der Waals surface area contributed by atoms with Gasteiger partial charge in [0, 0.05) is 17.7 Å². The molecule has 0 radical (unpaired) electrons. The molecular formula is C13H10O5. The molecule has 1 aromatic carbocycles. The second kappa shape index (κ2) is 4.37. The summed E-state index contributed by atoms with van der Waals surface area (Å²) < 4.78 is 10.1. The number of carboxylic acid groups (broad SMARTS) is 1. The summed E-state index contributed by atoms with van der Waals surface area (Å²) in [6.07, 6.45) is 1.43. The first kappa shape index (κ1) is 11.9. The van der Waals surface area contributed by atoms with Gasteiger partial charge in [0.05, 0.1) is 11.8 Å². The molecule has 0 fully saturated rings. The Bertz CT molecular complexity index is 650. The Kier molecular flexibility index (Phi) is 2.89. The summed E-state index contributed by atoms with van der Waals surface area (Å²) in [6, 6.07) is 4.83. The number of aliphatic carboxylic acids is 1. The minimum Gasteiger partial charge on any atom is -0.478 e. The van der Waals surface area contributed by atoms with E-state index < -0.39 is 11.9 Å². The van der Waals surface area contributed by atoms with E-state index in [1.54, 1.807) is 18.2 Å². The van der Waals surface area contributed by atoms with E-state index >= 15 is 0 Å². The van der Waals surface area contributed by atoms with Gasteiger partial charge in [-0.2, -0.15) is 0 Å². The fraction of sp³-hybridized carbons (Fsp3) is 0.0769. The molecule has 0 aliphatic heterocycles. The van der Waals surface area contributed by atoms with Crippen LogP contribution in [0.15, 0.2) is 35.5 Å². The summed E-state index contributed by atoms with van der Waals surface area (Å²) in [5, 5.41) is 10.1. The second-order valence-electron chi connectivity index (χ2n) is 3.69. The monoisotopic (exact) mass is 246 g/mol. The number of carboxylic acids is 1. The zero-order valence-electron chi connectivity index (χ0n) is 9.60. The third-order valence-corrected chi connectivity index (χ3v) is 2.37. The third-order valence-electron chi connectivity index (χ3n) is 2.37. The van der Waals surface area contributed by atoms with Crippen LogP contribution in [0.5, 0.6) is 5.75 Å². The largest absolute Gasteiger partial charge is 0.478 e. The molecule has 5 nitrogen and oxygen atoms in total. The number of furan rings is 1. The predicted octanol–water partition coefficient (Wildman–Crippen LogP) is 2.46. The third kappa shape index (κ3) is 2.10. The number of carbonyl (C=O) groups is 2. The van der Waals surface area contributed by atoms with Crippen molar-refractivity contribution in [3.63, 3.8) is 0 Å². The van der Waals surface area contributed by atoms with E-state index in [-0.39, 0.29) is 11.3 Å². The fourth-order valence-corrected chi connectivity index (χ4v) is 1.58. The maximum absolute atomic E-state index is 10.9. The summed E-state index contributed by atoms with van der Waals surface area (Å²) in [5.41, 5.74) is -0.148. The van der Waals surface area contributed by atoms with Gasteiger partial charge in [-0.25, -0.2) is 4.79 Å². The van der Waals surface area contributed by atoms with Crippen LogP contribution in [0, 0.1) is 0 Å². The van der Waals surface area contributed by atoms with E-state index in [1.807, 2.05) is 0 Å². The summed E-state index contributed by atoms with van der Waals surface area (Å²) >= 11 is 0. The number of esters is 1. The van der Waals surface area contributed by atoms with E-state index in [1.165, 1.54) is 13.2 Å². The number of rotatable bonds is 3. The van der Waals surface area contributed by atoms with Crippen LogP contribution in [0.25, 0.3) is 16.3 Å². The Morgan fingerprint density at radius 2 is 2.11 bits per heavy atom. The lowest BCUT2D eigenvalue weighted by Gasteiger charge is -2.01. The first-order valence-corrected chi connectivity index (χ1v) is 5.11. The molecule has 0 bridgehead atoms. The van der Waals surface area contributed by atoms with Gasteiger partial charge in [-0.05, 0) is 18.2 Å². The number of benzene rings is 1. The SMILES string of the molecule is C=C(C(=O)O)c1occ2ccc(OC(C)=O)cc12. The number of fused-ring (bicyclic) bond motifs is 1. The number of ether oxygens (including phenoxy) is 1. The highest BCUT2D eigenvalue weighted by atomic mass is 16.5. The van der Waals surface area contributed by atoms with Crippen molar-refractivity contribution in [2.75, 3.05) is 0 Å². The van der Waals surface area contributed by atoms with Crippen molar-refractivity contribution in [2.45, 2.75) is 6.92 Å². The Morgan fingerprint density at radius 3 is 2.72 bits per heavy atom. The van der Waals surface area contributed by atoms with Gasteiger partial charge in [0.2, 0.25) is 0 Å². The molecule has 2 aromatic rings. The highest BCUT2D eigenvalue weighted by Crippen LogP contribution is 2.29. The van der Waals surface area contributed by atoms with Crippen molar-refractivity contribution in [3.8, 4) is 5.75 Å².